The van der Waals surface area contributed by atoms with Crippen LogP contribution in [0.3, 0.4) is 0 Å². The van der Waals surface area contributed by atoms with Gasteiger partial charge in [-0.1, -0.05) is 24.3 Å². The minimum atomic E-state index is 0.128. The van der Waals surface area contributed by atoms with Crippen LogP contribution in [0.4, 0.5) is 0 Å². The number of hydrogen-bond donors (Lipinski definition) is 1. The Labute approximate surface area is 166 Å². The van der Waals surface area contributed by atoms with Crippen molar-refractivity contribution in [3.8, 4) is 11.3 Å². The molecule has 2 aromatic heterocycles. The molecule has 5 heteroatoms. The fourth-order valence-electron chi connectivity index (χ4n) is 4.33. The zero-order valence-corrected chi connectivity index (χ0v) is 16.7. The average Bonchev–Trinajstić information content (AvgIpc) is 3.10. The monoisotopic (exact) mass is 376 g/mol. The van der Waals surface area contributed by atoms with E-state index in [0.717, 1.165) is 50.4 Å². The van der Waals surface area contributed by atoms with Crippen LogP contribution in [0.5, 0.6) is 0 Å². The van der Waals surface area contributed by atoms with E-state index in [1.165, 1.54) is 16.7 Å². The van der Waals surface area contributed by atoms with Crippen molar-refractivity contribution in [3.63, 3.8) is 0 Å². The second-order valence-electron chi connectivity index (χ2n) is 7.72. The van der Waals surface area contributed by atoms with E-state index in [4.69, 9.17) is 4.74 Å². The Morgan fingerprint density at radius 2 is 1.86 bits per heavy atom. The van der Waals surface area contributed by atoms with E-state index in [1.807, 2.05) is 36.3 Å². The fourth-order valence-corrected chi connectivity index (χ4v) is 4.33. The van der Waals surface area contributed by atoms with Gasteiger partial charge < -0.3 is 10.1 Å². The minimum Gasteiger partial charge on any atom is -0.381 e. The van der Waals surface area contributed by atoms with Crippen LogP contribution in [0.2, 0.25) is 0 Å². The maximum absolute atomic E-state index is 5.68. The summed E-state index contributed by atoms with van der Waals surface area (Å²) >= 11 is 0. The van der Waals surface area contributed by atoms with E-state index in [1.54, 1.807) is 0 Å². The quantitative estimate of drug-likeness (QED) is 0.714. The number of ether oxygens (including phenoxy) is 1. The number of aryl methyl sites for hydroxylation is 2. The second-order valence-corrected chi connectivity index (χ2v) is 7.72. The molecule has 5 nitrogen and oxygen atoms in total. The van der Waals surface area contributed by atoms with Crippen molar-refractivity contribution < 1.29 is 4.74 Å². The standard InChI is InChI=1S/C23H28N4O/c1-18-5-3-4-6-21(18)23(9-13-28-14-10-23)17-25-15-20-16-27(2)26-22(20)19-7-11-24-12-8-19/h3-8,11-12,16,25H,9-10,13-15,17H2,1-2H3. The summed E-state index contributed by atoms with van der Waals surface area (Å²) in [7, 11) is 1.97. The van der Waals surface area contributed by atoms with Crippen molar-refractivity contribution in [2.75, 3.05) is 19.8 Å². The van der Waals surface area contributed by atoms with Crippen molar-refractivity contribution in [1.82, 2.24) is 20.1 Å². The molecule has 3 aromatic rings. The Kier molecular flexibility index (Phi) is 5.55. The molecule has 0 amide bonds. The molecule has 0 saturated carbocycles. The molecule has 146 valence electrons. The highest BCUT2D eigenvalue weighted by Crippen LogP contribution is 2.36. The third kappa shape index (κ3) is 3.86. The lowest BCUT2D eigenvalue weighted by Crippen LogP contribution is -2.43. The van der Waals surface area contributed by atoms with Crippen LogP contribution in [0.15, 0.2) is 55.0 Å². The Hall–Kier alpha value is -2.50. The lowest BCUT2D eigenvalue weighted by Gasteiger charge is -2.39. The summed E-state index contributed by atoms with van der Waals surface area (Å²) in [6.07, 6.45) is 7.84. The highest BCUT2D eigenvalue weighted by Gasteiger charge is 2.35. The van der Waals surface area contributed by atoms with E-state index in [9.17, 15) is 0 Å². The fraction of sp³-hybridized carbons (Fsp3) is 0.391. The van der Waals surface area contributed by atoms with Crippen molar-refractivity contribution >= 4 is 0 Å². The van der Waals surface area contributed by atoms with E-state index in [-0.39, 0.29) is 5.41 Å². The van der Waals surface area contributed by atoms with Gasteiger partial charge >= 0.3 is 0 Å². The normalized spacial score (nSPS) is 16.2. The number of nitrogens with zero attached hydrogens (tertiary/aromatic N) is 3. The number of pyridine rings is 1. The van der Waals surface area contributed by atoms with E-state index in [0.29, 0.717) is 0 Å². The minimum absolute atomic E-state index is 0.128. The average molecular weight is 377 g/mol. The summed E-state index contributed by atoms with van der Waals surface area (Å²) in [5.41, 5.74) is 6.28. The summed E-state index contributed by atoms with van der Waals surface area (Å²) in [5, 5.41) is 8.40. The molecule has 1 aliphatic rings. The molecular formula is C23H28N4O. The van der Waals surface area contributed by atoms with Crippen LogP contribution in [0, 0.1) is 6.92 Å². The molecule has 0 bridgehead atoms. The van der Waals surface area contributed by atoms with Crippen LogP contribution in [0.25, 0.3) is 11.3 Å². The molecule has 3 heterocycles. The Morgan fingerprint density at radius 1 is 1.11 bits per heavy atom. The van der Waals surface area contributed by atoms with Gasteiger partial charge in [0.1, 0.15) is 0 Å². The van der Waals surface area contributed by atoms with Gasteiger partial charge in [-0.15, -0.1) is 0 Å². The van der Waals surface area contributed by atoms with Gasteiger partial charge in [-0.2, -0.15) is 5.10 Å². The highest BCUT2D eigenvalue weighted by molar-refractivity contribution is 5.61. The molecule has 0 aliphatic carbocycles. The summed E-state index contributed by atoms with van der Waals surface area (Å²) in [6.45, 7) is 5.59. The number of aromatic nitrogens is 3. The molecule has 28 heavy (non-hydrogen) atoms. The van der Waals surface area contributed by atoms with Crippen LogP contribution in [0.1, 0.15) is 29.5 Å². The third-order valence-electron chi connectivity index (χ3n) is 5.80. The lowest BCUT2D eigenvalue weighted by molar-refractivity contribution is 0.0496. The van der Waals surface area contributed by atoms with Crippen LogP contribution >= 0.6 is 0 Å². The molecule has 4 rings (SSSR count). The first-order valence-corrected chi connectivity index (χ1v) is 9.95. The number of nitrogens with one attached hydrogen (secondary N) is 1. The lowest BCUT2D eigenvalue weighted by atomic mass is 9.72. The zero-order valence-electron chi connectivity index (χ0n) is 16.7. The zero-order chi connectivity index (χ0) is 19.4. The van der Waals surface area contributed by atoms with Gasteiger partial charge in [-0.05, 0) is 43.0 Å². The second kappa shape index (κ2) is 8.25. The van der Waals surface area contributed by atoms with E-state index in [2.05, 4.69) is 52.8 Å². The molecule has 1 N–H and O–H groups in total. The number of hydrogen-bond acceptors (Lipinski definition) is 4. The van der Waals surface area contributed by atoms with Gasteiger partial charge in [-0.25, -0.2) is 0 Å². The predicted octanol–water partition coefficient (Wildman–Crippen LogP) is 3.63. The number of rotatable bonds is 6. The topological polar surface area (TPSA) is 52.0 Å². The first-order valence-electron chi connectivity index (χ1n) is 9.95. The Bertz CT molecular complexity index is 913. The van der Waals surface area contributed by atoms with Crippen LogP contribution in [-0.2, 0) is 23.7 Å². The smallest absolute Gasteiger partial charge is 0.0969 e. The molecular weight excluding hydrogens is 348 g/mol. The van der Waals surface area contributed by atoms with Crippen molar-refractivity contribution in [2.24, 2.45) is 7.05 Å². The maximum Gasteiger partial charge on any atom is 0.0969 e. The summed E-state index contributed by atoms with van der Waals surface area (Å²) in [5.74, 6) is 0. The van der Waals surface area contributed by atoms with Gasteiger partial charge in [0.05, 0.1) is 5.69 Å². The summed E-state index contributed by atoms with van der Waals surface area (Å²) < 4.78 is 7.57. The Morgan fingerprint density at radius 3 is 2.61 bits per heavy atom. The van der Waals surface area contributed by atoms with Crippen molar-refractivity contribution in [1.29, 1.82) is 0 Å². The predicted molar refractivity (Wildman–Crippen MR) is 111 cm³/mol. The van der Waals surface area contributed by atoms with Crippen molar-refractivity contribution in [2.45, 2.75) is 31.7 Å². The molecule has 1 fully saturated rings. The van der Waals surface area contributed by atoms with Gasteiger partial charge in [0, 0.05) is 68.5 Å². The molecule has 1 aromatic carbocycles. The first kappa shape index (κ1) is 18.8. The van der Waals surface area contributed by atoms with Gasteiger partial charge in [0.25, 0.3) is 0 Å². The van der Waals surface area contributed by atoms with Gasteiger partial charge in [0.15, 0.2) is 0 Å². The molecule has 0 atom stereocenters. The molecule has 0 spiro atoms. The van der Waals surface area contributed by atoms with Gasteiger partial charge in [-0.3, -0.25) is 9.67 Å². The van der Waals surface area contributed by atoms with Crippen LogP contribution < -0.4 is 5.32 Å². The number of benzene rings is 1. The van der Waals surface area contributed by atoms with Gasteiger partial charge in [0.2, 0.25) is 0 Å². The Balaban J connectivity index is 1.53. The largest absolute Gasteiger partial charge is 0.381 e. The maximum atomic E-state index is 5.68. The summed E-state index contributed by atoms with van der Waals surface area (Å²) in [4.78, 5) is 4.12. The first-order chi connectivity index (χ1) is 13.7. The molecule has 0 radical (unpaired) electrons. The van der Waals surface area contributed by atoms with E-state index >= 15 is 0 Å². The highest BCUT2D eigenvalue weighted by atomic mass is 16.5. The van der Waals surface area contributed by atoms with Crippen molar-refractivity contribution in [3.05, 3.63) is 71.7 Å². The summed E-state index contributed by atoms with van der Waals surface area (Å²) in [6, 6.07) is 12.8. The molecule has 0 unspecified atom stereocenters. The third-order valence-corrected chi connectivity index (χ3v) is 5.80. The SMILES string of the molecule is Cc1ccccc1C1(CNCc2cn(C)nc2-c2ccncc2)CCOCC1. The molecule has 1 saturated heterocycles. The van der Waals surface area contributed by atoms with Crippen LogP contribution in [-0.4, -0.2) is 34.5 Å². The van der Waals surface area contributed by atoms with E-state index < -0.39 is 0 Å². The molecule has 1 aliphatic heterocycles.